The van der Waals surface area contributed by atoms with Crippen LogP contribution in [0.3, 0.4) is 0 Å². The number of aromatic hydroxyl groups is 2. The normalized spacial score (nSPS) is 12.8. The van der Waals surface area contributed by atoms with Crippen molar-refractivity contribution >= 4 is 24.0 Å². The quantitative estimate of drug-likeness (QED) is 0.454. The summed E-state index contributed by atoms with van der Waals surface area (Å²) in [5.74, 6) is -0.787. The number of Topliss-reactive ketones (excluding diaryl/α,β-unsaturated/α-hetero) is 1. The number of ketones is 1. The molecule has 2 rings (SSSR count). The van der Waals surface area contributed by atoms with Crippen molar-refractivity contribution in [3.63, 3.8) is 0 Å². The molecule has 2 aromatic rings. The molecule has 0 saturated heterocycles. The van der Waals surface area contributed by atoms with Crippen LogP contribution in [0.4, 0.5) is 0 Å². The van der Waals surface area contributed by atoms with E-state index in [1.807, 2.05) is 6.92 Å². The minimum atomic E-state index is -4.45. The summed E-state index contributed by atoms with van der Waals surface area (Å²) in [5, 5.41) is 19.3. The van der Waals surface area contributed by atoms with Crippen molar-refractivity contribution in [3.8, 4) is 11.5 Å². The topological polar surface area (TPSA) is 115 Å². The predicted molar refractivity (Wildman–Crippen MR) is 91.5 cm³/mol. The maximum Gasteiger partial charge on any atom is 0.388 e. The average molecular weight is 368 g/mol. The van der Waals surface area contributed by atoms with Gasteiger partial charge in [0.2, 0.25) is 0 Å². The van der Waals surface area contributed by atoms with Crippen molar-refractivity contribution in [1.29, 1.82) is 0 Å². The Hall–Kier alpha value is -1.79. The molecule has 0 saturated carbocycles. The van der Waals surface area contributed by atoms with Crippen molar-refractivity contribution in [2.24, 2.45) is 0 Å². The van der Waals surface area contributed by atoms with Crippen LogP contribution in [0.2, 0.25) is 0 Å². The zero-order valence-electron chi connectivity index (χ0n) is 12.8. The first-order valence-electron chi connectivity index (χ1n) is 7.06. The highest BCUT2D eigenvalue weighted by molar-refractivity contribution is 8.54. The molecule has 1 unspecified atom stereocenters. The summed E-state index contributed by atoms with van der Waals surface area (Å²) >= 11 is 0.247. The van der Waals surface area contributed by atoms with Crippen LogP contribution >= 0.6 is 18.2 Å². The molecule has 0 spiro atoms. The van der Waals surface area contributed by atoms with Crippen LogP contribution in [0.25, 0.3) is 0 Å². The van der Waals surface area contributed by atoms with Crippen LogP contribution in [-0.2, 0) is 4.57 Å². The maximum absolute atomic E-state index is 12.5. The van der Waals surface area contributed by atoms with Crippen molar-refractivity contribution in [3.05, 3.63) is 53.6 Å². The number of phenols is 2. The van der Waals surface area contributed by atoms with Crippen LogP contribution in [-0.4, -0.2) is 25.8 Å². The van der Waals surface area contributed by atoms with E-state index in [9.17, 15) is 19.6 Å². The third-order valence-corrected chi connectivity index (χ3v) is 5.53. The lowest BCUT2D eigenvalue weighted by molar-refractivity contribution is 0.0970. The molecule has 4 N–H and O–H groups in total. The number of rotatable bonds is 6. The summed E-state index contributed by atoms with van der Waals surface area (Å²) in [4.78, 5) is 30.8. The van der Waals surface area contributed by atoms with E-state index >= 15 is 0 Å². The van der Waals surface area contributed by atoms with Crippen molar-refractivity contribution in [2.45, 2.75) is 24.2 Å². The van der Waals surface area contributed by atoms with E-state index in [0.29, 0.717) is 0 Å². The Bertz CT molecular complexity index is 784. The van der Waals surface area contributed by atoms with Crippen LogP contribution in [0, 0.1) is 0 Å². The minimum absolute atomic E-state index is 0.0474. The number of carbonyl (C=O) groups is 1. The van der Waals surface area contributed by atoms with Gasteiger partial charge in [-0.3, -0.25) is 4.79 Å². The summed E-state index contributed by atoms with van der Waals surface area (Å²) in [6, 6.07) is 10.6. The number of hydrogen-bond donors (Lipinski definition) is 4. The van der Waals surface area contributed by atoms with Crippen molar-refractivity contribution in [1.82, 2.24) is 0 Å². The van der Waals surface area contributed by atoms with E-state index in [1.54, 1.807) is 12.1 Å². The van der Waals surface area contributed by atoms with Gasteiger partial charge in [0, 0.05) is 11.3 Å². The van der Waals surface area contributed by atoms with Gasteiger partial charge in [-0.2, -0.15) is 0 Å². The highest BCUT2D eigenvalue weighted by atomic mass is 32.7. The number of benzene rings is 2. The van der Waals surface area contributed by atoms with E-state index in [1.165, 1.54) is 30.3 Å². The zero-order chi connectivity index (χ0) is 17.9. The molecule has 2 aromatic carbocycles. The molecule has 0 heterocycles. The summed E-state index contributed by atoms with van der Waals surface area (Å²) in [7, 11) is 0. The predicted octanol–water partition coefficient (Wildman–Crippen LogP) is 3.66. The maximum atomic E-state index is 12.5. The lowest BCUT2D eigenvalue weighted by Crippen LogP contribution is -2.07. The van der Waals surface area contributed by atoms with Crippen molar-refractivity contribution < 1.29 is 29.4 Å². The molecule has 0 amide bonds. The number of hydrogen-bond acceptors (Lipinski definition) is 5. The monoisotopic (exact) mass is 368 g/mol. The van der Waals surface area contributed by atoms with Crippen LogP contribution in [0.1, 0.15) is 35.2 Å². The summed E-state index contributed by atoms with van der Waals surface area (Å²) in [6.07, 6.45) is 0.0526. The highest BCUT2D eigenvalue weighted by Crippen LogP contribution is 2.56. The number of carbonyl (C=O) groups excluding carboxylic acids is 1. The lowest BCUT2D eigenvalue weighted by Gasteiger charge is -2.14. The smallest absolute Gasteiger partial charge is 0.388 e. The third kappa shape index (κ3) is 4.85. The highest BCUT2D eigenvalue weighted by Gasteiger charge is 2.24. The third-order valence-electron chi connectivity index (χ3n) is 3.45. The fourth-order valence-corrected chi connectivity index (χ4v) is 4.24. The molecule has 0 radical (unpaired) electrons. The fourth-order valence-electron chi connectivity index (χ4n) is 2.30. The molecule has 24 heavy (non-hydrogen) atoms. The van der Waals surface area contributed by atoms with Gasteiger partial charge in [-0.1, -0.05) is 25.1 Å². The molecule has 0 aliphatic heterocycles. The molecular formula is C16H17O6PS. The van der Waals surface area contributed by atoms with Gasteiger partial charge in [-0.05, 0) is 47.1 Å². The standard InChI is InChI=1S/C16H17O6PS/c1-10(11-5-7-12(17)8-6-11)9-14(19)16-13(18)3-2-4-15(16)24-23(20,21)22/h2-8,10,17-18H,9H2,1H3,(H2,20,21,22). The van der Waals surface area contributed by atoms with Crippen LogP contribution in [0.15, 0.2) is 47.4 Å². The summed E-state index contributed by atoms with van der Waals surface area (Å²) < 4.78 is 11.2. The first-order valence-corrected chi connectivity index (χ1v) is 10.1. The second-order valence-electron chi connectivity index (χ2n) is 5.35. The Labute approximate surface area is 143 Å². The molecule has 0 aliphatic carbocycles. The number of phenolic OH excluding ortho intramolecular Hbond substituents is 2. The van der Waals surface area contributed by atoms with E-state index in [-0.39, 0.29) is 45.7 Å². The van der Waals surface area contributed by atoms with E-state index in [4.69, 9.17) is 9.79 Å². The van der Waals surface area contributed by atoms with Gasteiger partial charge in [-0.15, -0.1) is 0 Å². The molecule has 8 heteroatoms. The van der Waals surface area contributed by atoms with E-state index in [0.717, 1.165) is 5.56 Å². The lowest BCUT2D eigenvalue weighted by atomic mass is 9.93. The van der Waals surface area contributed by atoms with Gasteiger partial charge >= 0.3 is 6.80 Å². The van der Waals surface area contributed by atoms with E-state index < -0.39 is 12.6 Å². The molecule has 0 aliphatic rings. The van der Waals surface area contributed by atoms with Crippen LogP contribution in [0.5, 0.6) is 11.5 Å². The second-order valence-corrected chi connectivity index (χ2v) is 8.93. The Kier molecular flexibility index (Phi) is 5.72. The Morgan fingerprint density at radius 3 is 2.33 bits per heavy atom. The second kappa shape index (κ2) is 7.40. The molecule has 0 bridgehead atoms. The molecule has 0 aromatic heterocycles. The van der Waals surface area contributed by atoms with Gasteiger partial charge in [-0.25, -0.2) is 4.57 Å². The van der Waals surface area contributed by atoms with Crippen molar-refractivity contribution in [2.75, 3.05) is 0 Å². The molecule has 128 valence electrons. The SMILES string of the molecule is CC(CC(=O)c1c(O)cccc1SP(=O)(O)O)c1ccc(O)cc1. The summed E-state index contributed by atoms with van der Waals surface area (Å²) in [5.41, 5.74) is 0.747. The van der Waals surface area contributed by atoms with Gasteiger partial charge < -0.3 is 20.0 Å². The largest absolute Gasteiger partial charge is 0.508 e. The summed E-state index contributed by atoms with van der Waals surface area (Å²) in [6.45, 7) is -2.63. The Balaban J connectivity index is 2.26. The van der Waals surface area contributed by atoms with Gasteiger partial charge in [0.1, 0.15) is 11.5 Å². The Morgan fingerprint density at radius 1 is 1.12 bits per heavy atom. The molecule has 0 fully saturated rings. The average Bonchev–Trinajstić information content (AvgIpc) is 2.46. The first kappa shape index (κ1) is 18.5. The minimum Gasteiger partial charge on any atom is -0.508 e. The molecule has 1 atom stereocenters. The zero-order valence-corrected chi connectivity index (χ0v) is 14.5. The fraction of sp³-hybridized carbons (Fsp3) is 0.188. The van der Waals surface area contributed by atoms with Gasteiger partial charge in [0.15, 0.2) is 5.78 Å². The van der Waals surface area contributed by atoms with Gasteiger partial charge in [0.05, 0.1) is 5.56 Å². The van der Waals surface area contributed by atoms with Gasteiger partial charge in [0.25, 0.3) is 0 Å². The first-order chi connectivity index (χ1) is 11.2. The van der Waals surface area contributed by atoms with E-state index in [2.05, 4.69) is 0 Å². The molecular weight excluding hydrogens is 351 g/mol. The molecule has 6 nitrogen and oxygen atoms in total. The van der Waals surface area contributed by atoms with Crippen LogP contribution < -0.4 is 0 Å². The Morgan fingerprint density at radius 2 is 1.75 bits per heavy atom.